The van der Waals surface area contributed by atoms with Gasteiger partial charge in [0.25, 0.3) is 0 Å². The minimum absolute atomic E-state index is 0.251. The van der Waals surface area contributed by atoms with E-state index < -0.39 is 0 Å². The molecule has 0 fully saturated rings. The van der Waals surface area contributed by atoms with Crippen molar-refractivity contribution in [3.63, 3.8) is 0 Å². The first-order valence-corrected chi connectivity index (χ1v) is 5.80. The summed E-state index contributed by atoms with van der Waals surface area (Å²) in [4.78, 5) is 11.8. The molecule has 0 amide bonds. The number of ether oxygens (including phenoxy) is 1. The molecule has 0 heterocycles. The average Bonchev–Trinajstić information content (AvgIpc) is 2.46. The molecule has 0 radical (unpaired) electrons. The molecule has 2 aromatic rings. The van der Waals surface area contributed by atoms with Gasteiger partial charge in [-0.15, -0.1) is 0 Å². The van der Waals surface area contributed by atoms with Gasteiger partial charge in [0.05, 0.1) is 5.56 Å². The summed E-state index contributed by atoms with van der Waals surface area (Å²) < 4.78 is 5.26. The lowest BCUT2D eigenvalue weighted by atomic mass is 10.1. The Hall–Kier alpha value is -2.13. The van der Waals surface area contributed by atoms with Crippen molar-refractivity contribution in [1.29, 1.82) is 0 Å². The number of hydrogen-bond donors (Lipinski definition) is 1. The molecular weight excluding hydrogens is 226 g/mol. The minimum Gasteiger partial charge on any atom is -0.457 e. The van der Waals surface area contributed by atoms with Crippen molar-refractivity contribution in [3.8, 4) is 0 Å². The predicted octanol–water partition coefficient (Wildman–Crippen LogP) is 2.50. The minimum atomic E-state index is -0.317. The molecule has 0 aromatic heterocycles. The van der Waals surface area contributed by atoms with E-state index >= 15 is 0 Å². The molecule has 92 valence electrons. The van der Waals surface area contributed by atoms with Crippen molar-refractivity contribution in [2.75, 3.05) is 0 Å². The molecule has 0 aliphatic heterocycles. The smallest absolute Gasteiger partial charge is 0.338 e. The third-order valence-electron chi connectivity index (χ3n) is 2.71. The monoisotopic (exact) mass is 241 g/mol. The highest BCUT2D eigenvalue weighted by Gasteiger charge is 2.07. The van der Waals surface area contributed by atoms with E-state index in [4.69, 9.17) is 10.5 Å². The molecule has 2 aromatic carbocycles. The summed E-state index contributed by atoms with van der Waals surface area (Å²) in [5, 5.41) is 0. The van der Waals surface area contributed by atoms with Crippen LogP contribution in [0.3, 0.4) is 0 Å². The lowest BCUT2D eigenvalue weighted by Crippen LogP contribution is -2.08. The Kier molecular flexibility index (Phi) is 4.10. The molecule has 3 heteroatoms. The van der Waals surface area contributed by atoms with Crippen LogP contribution in [0, 0.1) is 0 Å². The van der Waals surface area contributed by atoms with Gasteiger partial charge < -0.3 is 10.5 Å². The van der Waals surface area contributed by atoms with Gasteiger partial charge >= 0.3 is 5.97 Å². The fraction of sp³-hybridized carbons (Fsp3) is 0.133. The second-order valence-corrected chi connectivity index (χ2v) is 3.91. The summed E-state index contributed by atoms with van der Waals surface area (Å²) in [6.45, 7) is 0.695. The molecule has 0 unspecified atom stereocenters. The molecule has 0 atom stereocenters. The van der Waals surface area contributed by atoms with Crippen LogP contribution >= 0.6 is 0 Å². The van der Waals surface area contributed by atoms with Gasteiger partial charge in [0.15, 0.2) is 0 Å². The third-order valence-corrected chi connectivity index (χ3v) is 2.71. The molecule has 0 spiro atoms. The number of carbonyl (C=O) groups is 1. The van der Waals surface area contributed by atoms with Gasteiger partial charge in [-0.1, -0.05) is 42.5 Å². The van der Waals surface area contributed by atoms with Crippen LogP contribution in [0.15, 0.2) is 54.6 Å². The molecule has 2 N–H and O–H groups in total. The molecule has 18 heavy (non-hydrogen) atoms. The highest BCUT2D eigenvalue weighted by atomic mass is 16.5. The Balaban J connectivity index is 2.02. The van der Waals surface area contributed by atoms with E-state index in [2.05, 4.69) is 0 Å². The molecule has 0 bridgehead atoms. The van der Waals surface area contributed by atoms with Crippen molar-refractivity contribution < 1.29 is 9.53 Å². The van der Waals surface area contributed by atoms with Gasteiger partial charge in [0, 0.05) is 6.54 Å². The summed E-state index contributed by atoms with van der Waals surface area (Å²) in [6.07, 6.45) is 0. The lowest BCUT2D eigenvalue weighted by molar-refractivity contribution is 0.0472. The standard InChI is InChI=1S/C15H15NO2/c16-10-13-8-4-5-9-14(13)11-18-15(17)12-6-2-1-3-7-12/h1-9H,10-11,16H2. The number of hydrogen-bond acceptors (Lipinski definition) is 3. The van der Waals surface area contributed by atoms with Crippen LogP contribution in [-0.2, 0) is 17.9 Å². The van der Waals surface area contributed by atoms with E-state index in [1.54, 1.807) is 12.1 Å². The molecule has 2 rings (SSSR count). The number of esters is 1. The Labute approximate surface area is 106 Å². The van der Waals surface area contributed by atoms with Gasteiger partial charge in [0.1, 0.15) is 6.61 Å². The summed E-state index contributed by atoms with van der Waals surface area (Å²) in [5.74, 6) is -0.317. The largest absolute Gasteiger partial charge is 0.457 e. The molecular formula is C15H15NO2. The number of carbonyl (C=O) groups excluding carboxylic acids is 1. The van der Waals surface area contributed by atoms with Crippen LogP contribution in [0.25, 0.3) is 0 Å². The van der Waals surface area contributed by atoms with Crippen molar-refractivity contribution in [2.45, 2.75) is 13.2 Å². The van der Waals surface area contributed by atoms with E-state index in [0.717, 1.165) is 11.1 Å². The Morgan fingerprint density at radius 1 is 0.944 bits per heavy atom. The van der Waals surface area contributed by atoms with Crippen molar-refractivity contribution in [2.24, 2.45) is 5.73 Å². The first-order chi connectivity index (χ1) is 8.81. The van der Waals surface area contributed by atoms with Gasteiger partial charge in [-0.25, -0.2) is 4.79 Å². The van der Waals surface area contributed by atoms with Crippen LogP contribution in [0.2, 0.25) is 0 Å². The highest BCUT2D eigenvalue weighted by Crippen LogP contribution is 2.11. The van der Waals surface area contributed by atoms with Crippen LogP contribution in [0.4, 0.5) is 0 Å². The predicted molar refractivity (Wildman–Crippen MR) is 69.9 cm³/mol. The number of rotatable bonds is 4. The third kappa shape index (κ3) is 2.96. The molecule has 0 saturated carbocycles. The Morgan fingerprint density at radius 3 is 2.22 bits per heavy atom. The van der Waals surface area contributed by atoms with Crippen molar-refractivity contribution >= 4 is 5.97 Å². The Bertz CT molecular complexity index is 523. The highest BCUT2D eigenvalue weighted by molar-refractivity contribution is 5.89. The second-order valence-electron chi connectivity index (χ2n) is 3.91. The van der Waals surface area contributed by atoms with Gasteiger partial charge in [-0.2, -0.15) is 0 Å². The summed E-state index contributed by atoms with van der Waals surface area (Å²) in [6, 6.07) is 16.6. The van der Waals surface area contributed by atoms with E-state index in [0.29, 0.717) is 12.1 Å². The number of benzene rings is 2. The zero-order chi connectivity index (χ0) is 12.8. The van der Waals surface area contributed by atoms with Crippen LogP contribution in [-0.4, -0.2) is 5.97 Å². The molecule has 0 aliphatic carbocycles. The maximum Gasteiger partial charge on any atom is 0.338 e. The summed E-state index contributed by atoms with van der Waals surface area (Å²) in [7, 11) is 0. The molecule has 0 saturated heterocycles. The van der Waals surface area contributed by atoms with Crippen LogP contribution < -0.4 is 5.73 Å². The zero-order valence-electron chi connectivity index (χ0n) is 10.0. The summed E-state index contributed by atoms with van der Waals surface area (Å²) in [5.41, 5.74) is 8.13. The van der Waals surface area contributed by atoms with Crippen LogP contribution in [0.1, 0.15) is 21.5 Å². The maximum atomic E-state index is 11.8. The van der Waals surface area contributed by atoms with Crippen LogP contribution in [0.5, 0.6) is 0 Å². The first-order valence-electron chi connectivity index (χ1n) is 5.80. The quantitative estimate of drug-likeness (QED) is 0.837. The van der Waals surface area contributed by atoms with Gasteiger partial charge in [0.2, 0.25) is 0 Å². The SMILES string of the molecule is NCc1ccccc1COC(=O)c1ccccc1. The fourth-order valence-electron chi connectivity index (χ4n) is 1.70. The maximum absolute atomic E-state index is 11.8. The topological polar surface area (TPSA) is 52.3 Å². The van der Waals surface area contributed by atoms with Gasteiger partial charge in [-0.05, 0) is 23.3 Å². The van der Waals surface area contributed by atoms with Crippen molar-refractivity contribution in [3.05, 3.63) is 71.3 Å². The van der Waals surface area contributed by atoms with E-state index in [1.807, 2.05) is 42.5 Å². The van der Waals surface area contributed by atoms with Crippen molar-refractivity contribution in [1.82, 2.24) is 0 Å². The average molecular weight is 241 g/mol. The zero-order valence-corrected chi connectivity index (χ0v) is 10.0. The van der Waals surface area contributed by atoms with E-state index in [9.17, 15) is 4.79 Å². The number of nitrogens with two attached hydrogens (primary N) is 1. The van der Waals surface area contributed by atoms with Gasteiger partial charge in [-0.3, -0.25) is 0 Å². The second kappa shape index (κ2) is 5.98. The fourth-order valence-corrected chi connectivity index (χ4v) is 1.70. The lowest BCUT2D eigenvalue weighted by Gasteiger charge is -2.08. The Morgan fingerprint density at radius 2 is 1.56 bits per heavy atom. The summed E-state index contributed by atoms with van der Waals surface area (Å²) >= 11 is 0. The van der Waals surface area contributed by atoms with E-state index in [1.165, 1.54) is 0 Å². The molecule has 0 aliphatic rings. The molecule has 3 nitrogen and oxygen atoms in total. The normalized spacial score (nSPS) is 10.1. The van der Waals surface area contributed by atoms with E-state index in [-0.39, 0.29) is 12.6 Å². The first kappa shape index (κ1) is 12.3.